The second-order valence-corrected chi connectivity index (χ2v) is 5.46. The van der Waals surface area contributed by atoms with Crippen molar-refractivity contribution in [1.82, 2.24) is 5.32 Å². The summed E-state index contributed by atoms with van der Waals surface area (Å²) in [6.07, 6.45) is 0. The SMILES string of the molecule is CC(C)(O)C(C)(C)NC(=O)Nc1cccc(C#N)c1. The first-order valence-electron chi connectivity index (χ1n) is 5.97. The molecule has 0 radical (unpaired) electrons. The molecule has 0 aliphatic heterocycles. The zero-order valence-electron chi connectivity index (χ0n) is 11.6. The fourth-order valence-corrected chi connectivity index (χ4v) is 1.27. The first-order valence-corrected chi connectivity index (χ1v) is 5.97. The Labute approximate surface area is 113 Å². The highest BCUT2D eigenvalue weighted by Gasteiger charge is 2.36. The van der Waals surface area contributed by atoms with E-state index in [2.05, 4.69) is 10.6 Å². The van der Waals surface area contributed by atoms with Crippen LogP contribution < -0.4 is 10.6 Å². The molecule has 0 fully saturated rings. The topological polar surface area (TPSA) is 85.2 Å². The van der Waals surface area contributed by atoms with E-state index in [1.54, 1.807) is 52.0 Å². The van der Waals surface area contributed by atoms with Crippen LogP contribution in [0.2, 0.25) is 0 Å². The van der Waals surface area contributed by atoms with E-state index < -0.39 is 17.2 Å². The highest BCUT2D eigenvalue weighted by Crippen LogP contribution is 2.20. The van der Waals surface area contributed by atoms with Crippen molar-refractivity contribution in [2.24, 2.45) is 0 Å². The molecule has 19 heavy (non-hydrogen) atoms. The fraction of sp³-hybridized carbons (Fsp3) is 0.429. The van der Waals surface area contributed by atoms with Gasteiger partial charge in [-0.1, -0.05) is 6.07 Å². The molecule has 5 nitrogen and oxygen atoms in total. The number of nitrogens with one attached hydrogen (secondary N) is 2. The smallest absolute Gasteiger partial charge is 0.319 e. The van der Waals surface area contributed by atoms with Crippen LogP contribution in [-0.2, 0) is 0 Å². The Kier molecular flexibility index (Phi) is 4.17. The lowest BCUT2D eigenvalue weighted by Gasteiger charge is -2.37. The summed E-state index contributed by atoms with van der Waals surface area (Å²) in [7, 11) is 0. The molecule has 0 saturated carbocycles. The van der Waals surface area contributed by atoms with E-state index >= 15 is 0 Å². The van der Waals surface area contributed by atoms with Crippen molar-refractivity contribution >= 4 is 11.7 Å². The van der Waals surface area contributed by atoms with E-state index in [0.29, 0.717) is 11.3 Å². The van der Waals surface area contributed by atoms with Crippen LogP contribution in [0.4, 0.5) is 10.5 Å². The van der Waals surface area contributed by atoms with Gasteiger partial charge in [-0.3, -0.25) is 0 Å². The Morgan fingerprint density at radius 2 is 1.95 bits per heavy atom. The van der Waals surface area contributed by atoms with Crippen LogP contribution in [-0.4, -0.2) is 22.3 Å². The Bertz CT molecular complexity index is 510. The van der Waals surface area contributed by atoms with Crippen LogP contribution in [0.25, 0.3) is 0 Å². The van der Waals surface area contributed by atoms with Crippen molar-refractivity contribution in [1.29, 1.82) is 5.26 Å². The third-order valence-electron chi connectivity index (χ3n) is 3.21. The van der Waals surface area contributed by atoms with Gasteiger partial charge in [-0.15, -0.1) is 0 Å². The van der Waals surface area contributed by atoms with Gasteiger partial charge in [0.25, 0.3) is 0 Å². The normalized spacial score (nSPS) is 11.6. The minimum atomic E-state index is -1.06. The lowest BCUT2D eigenvalue weighted by atomic mass is 9.86. The van der Waals surface area contributed by atoms with Gasteiger partial charge in [0.2, 0.25) is 0 Å². The molecule has 0 aromatic heterocycles. The zero-order valence-corrected chi connectivity index (χ0v) is 11.6. The molecule has 0 aliphatic carbocycles. The van der Waals surface area contributed by atoms with Crippen molar-refractivity contribution in [2.45, 2.75) is 38.8 Å². The third kappa shape index (κ3) is 3.97. The van der Waals surface area contributed by atoms with Crippen LogP contribution in [0.15, 0.2) is 24.3 Å². The van der Waals surface area contributed by atoms with Crippen molar-refractivity contribution in [3.05, 3.63) is 29.8 Å². The largest absolute Gasteiger partial charge is 0.388 e. The molecule has 5 heteroatoms. The van der Waals surface area contributed by atoms with Gasteiger partial charge in [-0.2, -0.15) is 5.26 Å². The standard InChI is InChI=1S/C14H19N3O2/c1-13(2,14(3,4)19)17-12(18)16-11-7-5-6-10(8-11)9-15/h5-8,19H,1-4H3,(H2,16,17,18). The molecule has 0 aliphatic rings. The molecule has 1 aromatic rings. The van der Waals surface area contributed by atoms with E-state index in [-0.39, 0.29) is 0 Å². The number of amides is 2. The quantitative estimate of drug-likeness (QED) is 0.780. The van der Waals surface area contributed by atoms with Crippen molar-refractivity contribution in [2.75, 3.05) is 5.32 Å². The number of anilines is 1. The first-order chi connectivity index (χ1) is 8.65. The van der Waals surface area contributed by atoms with Crippen LogP contribution in [0.5, 0.6) is 0 Å². The van der Waals surface area contributed by atoms with Gasteiger partial charge < -0.3 is 15.7 Å². The average Bonchev–Trinajstić information content (AvgIpc) is 2.26. The van der Waals surface area contributed by atoms with E-state index in [1.807, 2.05) is 6.07 Å². The number of carbonyl (C=O) groups excluding carboxylic acids is 1. The number of urea groups is 1. The highest BCUT2D eigenvalue weighted by atomic mass is 16.3. The summed E-state index contributed by atoms with van der Waals surface area (Å²) in [5.41, 5.74) is -0.842. The van der Waals surface area contributed by atoms with Gasteiger partial charge >= 0.3 is 6.03 Å². The molecule has 1 aromatic carbocycles. The number of nitriles is 1. The molecule has 102 valence electrons. The molecule has 0 saturated heterocycles. The van der Waals surface area contributed by atoms with E-state index in [9.17, 15) is 9.90 Å². The van der Waals surface area contributed by atoms with Crippen LogP contribution in [0.1, 0.15) is 33.3 Å². The number of carbonyl (C=O) groups is 1. The molecule has 0 bridgehead atoms. The molecule has 0 heterocycles. The fourth-order valence-electron chi connectivity index (χ4n) is 1.27. The number of rotatable bonds is 3. The number of aliphatic hydroxyl groups is 1. The molecule has 2 amide bonds. The van der Waals surface area contributed by atoms with Crippen molar-refractivity contribution in [3.8, 4) is 6.07 Å². The summed E-state index contributed by atoms with van der Waals surface area (Å²) >= 11 is 0. The summed E-state index contributed by atoms with van der Waals surface area (Å²) in [5.74, 6) is 0. The van der Waals surface area contributed by atoms with Crippen LogP contribution in [0, 0.1) is 11.3 Å². The van der Waals surface area contributed by atoms with Gasteiger partial charge in [0.1, 0.15) is 0 Å². The monoisotopic (exact) mass is 261 g/mol. The minimum absolute atomic E-state index is 0.429. The molecule has 1 rings (SSSR count). The molecular formula is C14H19N3O2. The van der Waals surface area contributed by atoms with Crippen LogP contribution >= 0.6 is 0 Å². The van der Waals surface area contributed by atoms with Gasteiger partial charge in [0.15, 0.2) is 0 Å². The number of benzene rings is 1. The molecule has 0 unspecified atom stereocenters. The maximum Gasteiger partial charge on any atom is 0.319 e. The van der Waals surface area contributed by atoms with Gasteiger partial charge in [0, 0.05) is 5.69 Å². The van der Waals surface area contributed by atoms with Gasteiger partial charge in [-0.25, -0.2) is 4.79 Å². The van der Waals surface area contributed by atoms with Crippen molar-refractivity contribution in [3.63, 3.8) is 0 Å². The Morgan fingerprint density at radius 3 is 2.47 bits per heavy atom. The molecular weight excluding hydrogens is 242 g/mol. The predicted octanol–water partition coefficient (Wildman–Crippen LogP) is 2.23. The lowest BCUT2D eigenvalue weighted by Crippen LogP contribution is -2.58. The Hall–Kier alpha value is -2.06. The number of hydrogen-bond acceptors (Lipinski definition) is 3. The Morgan fingerprint density at radius 1 is 1.32 bits per heavy atom. The third-order valence-corrected chi connectivity index (χ3v) is 3.21. The zero-order chi connectivity index (χ0) is 14.7. The van der Waals surface area contributed by atoms with E-state index in [1.165, 1.54) is 0 Å². The lowest BCUT2D eigenvalue weighted by molar-refractivity contribution is 0.00185. The van der Waals surface area contributed by atoms with E-state index in [4.69, 9.17) is 5.26 Å². The second kappa shape index (κ2) is 5.29. The molecule has 0 atom stereocenters. The molecule has 3 N–H and O–H groups in total. The van der Waals surface area contributed by atoms with Crippen molar-refractivity contribution < 1.29 is 9.90 Å². The summed E-state index contributed by atoms with van der Waals surface area (Å²) in [6.45, 7) is 6.73. The van der Waals surface area contributed by atoms with Crippen LogP contribution in [0.3, 0.4) is 0 Å². The Balaban J connectivity index is 2.74. The van der Waals surface area contributed by atoms with Gasteiger partial charge in [-0.05, 0) is 45.9 Å². The summed E-state index contributed by atoms with van der Waals surface area (Å²) in [4.78, 5) is 11.9. The maximum absolute atomic E-state index is 11.9. The van der Waals surface area contributed by atoms with E-state index in [0.717, 1.165) is 0 Å². The number of hydrogen-bond donors (Lipinski definition) is 3. The molecule has 0 spiro atoms. The van der Waals surface area contributed by atoms with Gasteiger partial charge in [0.05, 0.1) is 22.8 Å². The second-order valence-electron chi connectivity index (χ2n) is 5.46. The maximum atomic E-state index is 11.9. The highest BCUT2D eigenvalue weighted by molar-refractivity contribution is 5.90. The summed E-state index contributed by atoms with van der Waals surface area (Å²) < 4.78 is 0. The minimum Gasteiger partial charge on any atom is -0.388 e. The number of nitrogens with zero attached hydrogens (tertiary/aromatic N) is 1. The summed E-state index contributed by atoms with van der Waals surface area (Å²) in [6, 6.07) is 8.19. The first kappa shape index (κ1) is 15.0. The summed E-state index contributed by atoms with van der Waals surface area (Å²) in [5, 5.41) is 24.1. The average molecular weight is 261 g/mol. The predicted molar refractivity (Wildman–Crippen MR) is 73.7 cm³/mol.